The van der Waals surface area contributed by atoms with Crippen LogP contribution in [0, 0.1) is 0 Å². The van der Waals surface area contributed by atoms with Crippen molar-refractivity contribution in [3.63, 3.8) is 0 Å². The molecule has 0 N–H and O–H groups in total. The van der Waals surface area contributed by atoms with Gasteiger partial charge in [-0.1, -0.05) is 26.7 Å². The van der Waals surface area contributed by atoms with Crippen molar-refractivity contribution in [1.29, 1.82) is 0 Å². The van der Waals surface area contributed by atoms with E-state index in [-0.39, 0.29) is 0 Å². The quantitative estimate of drug-likeness (QED) is 0.691. The van der Waals surface area contributed by atoms with E-state index < -0.39 is 0 Å². The van der Waals surface area contributed by atoms with E-state index in [9.17, 15) is 4.79 Å². The summed E-state index contributed by atoms with van der Waals surface area (Å²) in [6.45, 7) is 4.41. The largest absolute Gasteiger partial charge is 0.300 e. The van der Waals surface area contributed by atoms with Gasteiger partial charge in [-0.05, 0) is 12.8 Å². The molecule has 0 radical (unpaired) electrons. The van der Waals surface area contributed by atoms with Crippen molar-refractivity contribution < 1.29 is 4.79 Å². The average Bonchev–Trinajstić information content (AvgIpc) is 2.04. The molecule has 1 heterocycles. The van der Waals surface area contributed by atoms with Crippen molar-refractivity contribution in [3.8, 4) is 0 Å². The van der Waals surface area contributed by atoms with Crippen LogP contribution in [0.4, 0.5) is 0 Å². The van der Waals surface area contributed by atoms with Crippen molar-refractivity contribution in [2.24, 2.45) is 0 Å². The van der Waals surface area contributed by atoms with Crippen LogP contribution in [0.2, 0.25) is 0 Å². The number of hydrogen-bond donors (Lipinski definition) is 0. The van der Waals surface area contributed by atoms with E-state index in [0.717, 1.165) is 12.8 Å². The van der Waals surface area contributed by atoms with E-state index in [0.29, 0.717) is 16.3 Å². The molecule has 0 aromatic heterocycles. The lowest BCUT2D eigenvalue weighted by molar-refractivity contribution is -0.119. The fourth-order valence-electron chi connectivity index (χ4n) is 1.94. The third-order valence-corrected chi connectivity index (χ3v) is 4.09. The molecule has 0 aromatic carbocycles. The standard InChI is InChI=1S/C11H20OS/c1-3-5-10-7-9(12)8-11(13-10)6-4-2/h10-11H,3-8H2,1-2H3. The van der Waals surface area contributed by atoms with Crippen molar-refractivity contribution in [2.45, 2.75) is 62.9 Å². The first-order valence-electron chi connectivity index (χ1n) is 5.43. The van der Waals surface area contributed by atoms with Crippen LogP contribution in [-0.4, -0.2) is 16.3 Å². The first-order valence-corrected chi connectivity index (χ1v) is 6.37. The molecule has 1 aliphatic heterocycles. The van der Waals surface area contributed by atoms with Gasteiger partial charge in [-0.3, -0.25) is 4.79 Å². The number of rotatable bonds is 4. The highest BCUT2D eigenvalue weighted by Crippen LogP contribution is 2.34. The first-order chi connectivity index (χ1) is 6.26. The van der Waals surface area contributed by atoms with Gasteiger partial charge in [0.25, 0.3) is 0 Å². The molecule has 0 aromatic rings. The molecule has 0 spiro atoms. The summed E-state index contributed by atoms with van der Waals surface area (Å²) in [6.07, 6.45) is 6.53. The number of carbonyl (C=O) groups is 1. The zero-order chi connectivity index (χ0) is 9.68. The molecule has 1 rings (SSSR count). The molecule has 2 atom stereocenters. The molecule has 0 amide bonds. The lowest BCUT2D eigenvalue weighted by Gasteiger charge is -2.27. The lowest BCUT2D eigenvalue weighted by atomic mass is 10.0. The minimum absolute atomic E-state index is 0.496. The third kappa shape index (κ3) is 3.72. The molecule has 76 valence electrons. The monoisotopic (exact) mass is 200 g/mol. The number of ketones is 1. The van der Waals surface area contributed by atoms with Crippen LogP contribution in [0.3, 0.4) is 0 Å². The minimum atomic E-state index is 0.496. The highest BCUT2D eigenvalue weighted by molar-refractivity contribution is 8.00. The van der Waals surface area contributed by atoms with Crippen molar-refractivity contribution in [2.75, 3.05) is 0 Å². The fraction of sp³-hybridized carbons (Fsp3) is 0.909. The average molecular weight is 200 g/mol. The Hall–Kier alpha value is 0.0200. The minimum Gasteiger partial charge on any atom is -0.300 e. The summed E-state index contributed by atoms with van der Waals surface area (Å²) in [5, 5.41) is 1.26. The van der Waals surface area contributed by atoms with E-state index in [2.05, 4.69) is 25.6 Å². The Balaban J connectivity index is 2.37. The maximum atomic E-state index is 11.4. The van der Waals surface area contributed by atoms with Gasteiger partial charge in [-0.25, -0.2) is 0 Å². The van der Waals surface area contributed by atoms with Crippen molar-refractivity contribution in [1.82, 2.24) is 0 Å². The summed E-state index contributed by atoms with van der Waals surface area (Å²) in [5.74, 6) is 0.496. The van der Waals surface area contributed by atoms with Gasteiger partial charge in [-0.2, -0.15) is 11.8 Å². The number of thioether (sulfide) groups is 1. The number of carbonyl (C=O) groups excluding carboxylic acids is 1. The maximum absolute atomic E-state index is 11.4. The maximum Gasteiger partial charge on any atom is 0.135 e. The van der Waals surface area contributed by atoms with Crippen LogP contribution in [0.25, 0.3) is 0 Å². The zero-order valence-corrected chi connectivity index (χ0v) is 9.53. The summed E-state index contributed by atoms with van der Waals surface area (Å²) >= 11 is 2.06. The molecule has 0 bridgehead atoms. The smallest absolute Gasteiger partial charge is 0.135 e. The zero-order valence-electron chi connectivity index (χ0n) is 8.71. The van der Waals surface area contributed by atoms with Crippen LogP contribution in [0.15, 0.2) is 0 Å². The Bertz CT molecular complexity index is 151. The van der Waals surface area contributed by atoms with Gasteiger partial charge >= 0.3 is 0 Å². The van der Waals surface area contributed by atoms with E-state index in [4.69, 9.17) is 0 Å². The Morgan fingerprint density at radius 3 is 2.00 bits per heavy atom. The summed E-state index contributed by atoms with van der Waals surface area (Å²) in [6, 6.07) is 0. The van der Waals surface area contributed by atoms with Crippen molar-refractivity contribution >= 4 is 17.5 Å². The van der Waals surface area contributed by atoms with Crippen LogP contribution in [0.1, 0.15) is 52.4 Å². The Kier molecular flexibility index (Phi) is 4.86. The van der Waals surface area contributed by atoms with Crippen LogP contribution < -0.4 is 0 Å². The van der Waals surface area contributed by atoms with E-state index >= 15 is 0 Å². The second-order valence-electron chi connectivity index (χ2n) is 3.90. The molecular formula is C11H20OS. The fourth-order valence-corrected chi connectivity index (χ4v) is 3.80. The molecule has 1 saturated heterocycles. The Morgan fingerprint density at radius 2 is 1.62 bits per heavy atom. The molecule has 0 saturated carbocycles. The number of hydrogen-bond acceptors (Lipinski definition) is 2. The predicted molar refractivity (Wildman–Crippen MR) is 59.2 cm³/mol. The highest BCUT2D eigenvalue weighted by Gasteiger charge is 2.26. The van der Waals surface area contributed by atoms with Crippen LogP contribution >= 0.6 is 11.8 Å². The second kappa shape index (κ2) is 5.69. The first kappa shape index (κ1) is 11.1. The van der Waals surface area contributed by atoms with Gasteiger partial charge in [0, 0.05) is 23.3 Å². The Morgan fingerprint density at radius 1 is 1.15 bits per heavy atom. The predicted octanol–water partition coefficient (Wildman–Crippen LogP) is 3.42. The molecule has 1 fully saturated rings. The van der Waals surface area contributed by atoms with Gasteiger partial charge in [-0.15, -0.1) is 0 Å². The van der Waals surface area contributed by atoms with Gasteiger partial charge in [0.05, 0.1) is 0 Å². The third-order valence-electron chi connectivity index (χ3n) is 2.52. The van der Waals surface area contributed by atoms with Crippen LogP contribution in [0.5, 0.6) is 0 Å². The van der Waals surface area contributed by atoms with Gasteiger partial charge in [0.1, 0.15) is 5.78 Å². The molecular weight excluding hydrogens is 180 g/mol. The second-order valence-corrected chi connectivity index (χ2v) is 5.51. The summed E-state index contributed by atoms with van der Waals surface area (Å²) in [7, 11) is 0. The molecule has 13 heavy (non-hydrogen) atoms. The van der Waals surface area contributed by atoms with Crippen molar-refractivity contribution in [3.05, 3.63) is 0 Å². The van der Waals surface area contributed by atoms with E-state index in [1.165, 1.54) is 25.7 Å². The van der Waals surface area contributed by atoms with E-state index in [1.807, 2.05) is 0 Å². The lowest BCUT2D eigenvalue weighted by Crippen LogP contribution is -2.24. The highest BCUT2D eigenvalue weighted by atomic mass is 32.2. The van der Waals surface area contributed by atoms with Gasteiger partial charge < -0.3 is 0 Å². The molecule has 2 heteroatoms. The van der Waals surface area contributed by atoms with Crippen LogP contribution in [-0.2, 0) is 4.79 Å². The molecule has 1 aliphatic rings. The summed E-state index contributed by atoms with van der Waals surface area (Å²) in [5.41, 5.74) is 0. The Labute approximate surface area is 85.7 Å². The molecule has 2 unspecified atom stereocenters. The normalized spacial score (nSPS) is 29.2. The topological polar surface area (TPSA) is 17.1 Å². The summed E-state index contributed by atoms with van der Waals surface area (Å²) < 4.78 is 0. The van der Waals surface area contributed by atoms with Gasteiger partial charge in [0.15, 0.2) is 0 Å². The molecule has 1 nitrogen and oxygen atoms in total. The summed E-state index contributed by atoms with van der Waals surface area (Å²) in [4.78, 5) is 11.4. The SMILES string of the molecule is CCCC1CC(=O)CC(CCC)S1. The number of Topliss-reactive ketones (excluding diaryl/α,β-unsaturated/α-hetero) is 1. The van der Waals surface area contributed by atoms with Gasteiger partial charge in [0.2, 0.25) is 0 Å². The van der Waals surface area contributed by atoms with E-state index in [1.54, 1.807) is 0 Å². The molecule has 0 aliphatic carbocycles.